The first-order valence-electron chi connectivity index (χ1n) is 7.22. The van der Waals surface area contributed by atoms with Crippen molar-refractivity contribution in [2.75, 3.05) is 11.1 Å². The molecule has 136 valence electrons. The van der Waals surface area contributed by atoms with Crippen molar-refractivity contribution in [3.05, 3.63) is 68.3 Å². The number of hydrogen-bond donors (Lipinski definition) is 1. The average molecular weight is 379 g/mol. The molecule has 0 aliphatic heterocycles. The second-order valence-corrected chi connectivity index (χ2v) is 7.35. The second kappa shape index (κ2) is 7.27. The number of rotatable bonds is 6. The molecule has 0 aromatic heterocycles. The van der Waals surface area contributed by atoms with Crippen molar-refractivity contribution in [2.24, 2.45) is 0 Å². The Morgan fingerprint density at radius 2 is 1.58 bits per heavy atom. The number of nitro benzene ring substituents is 2. The van der Waals surface area contributed by atoms with Gasteiger partial charge in [0.05, 0.1) is 37.8 Å². The maximum atomic E-state index is 12.4. The number of carbonyl (C=O) groups excluding carboxylic acids is 1. The van der Waals surface area contributed by atoms with Crippen LogP contribution in [0.4, 0.5) is 17.1 Å². The first kappa shape index (κ1) is 19.0. The van der Waals surface area contributed by atoms with E-state index in [1.165, 1.54) is 31.2 Å². The third-order valence-corrected chi connectivity index (χ3v) is 5.22. The summed E-state index contributed by atoms with van der Waals surface area (Å²) in [6.07, 6.45) is 0. The maximum absolute atomic E-state index is 12.4. The molecule has 0 bridgehead atoms. The summed E-state index contributed by atoms with van der Waals surface area (Å²) in [4.78, 5) is 32.4. The van der Waals surface area contributed by atoms with Crippen LogP contribution in [0, 0.1) is 20.2 Å². The quantitative estimate of drug-likeness (QED) is 0.598. The van der Waals surface area contributed by atoms with Crippen molar-refractivity contribution in [1.82, 2.24) is 0 Å². The van der Waals surface area contributed by atoms with E-state index >= 15 is 0 Å². The molecule has 1 N–H and O–H groups in total. The van der Waals surface area contributed by atoms with Gasteiger partial charge in [0.1, 0.15) is 0 Å². The minimum Gasteiger partial charge on any atom is -0.321 e. The molecule has 0 aliphatic rings. The SMILES string of the molecule is CCS(=O)(=O)c1ccccc1NC(=O)c1cc([N+](=O)[O-])cc([N+](=O)[O-])c1. The van der Waals surface area contributed by atoms with Gasteiger partial charge in [-0.2, -0.15) is 0 Å². The molecule has 11 heteroatoms. The van der Waals surface area contributed by atoms with Crippen LogP contribution >= 0.6 is 0 Å². The summed E-state index contributed by atoms with van der Waals surface area (Å²) in [7, 11) is -3.63. The highest BCUT2D eigenvalue weighted by atomic mass is 32.2. The van der Waals surface area contributed by atoms with Gasteiger partial charge in [0.2, 0.25) is 0 Å². The van der Waals surface area contributed by atoms with Gasteiger partial charge in [-0.25, -0.2) is 8.42 Å². The van der Waals surface area contributed by atoms with Crippen molar-refractivity contribution in [3.63, 3.8) is 0 Å². The number of hydrogen-bond acceptors (Lipinski definition) is 7. The summed E-state index contributed by atoms with van der Waals surface area (Å²) in [5.74, 6) is -1.10. The molecule has 0 heterocycles. The Kier molecular flexibility index (Phi) is 5.31. The van der Waals surface area contributed by atoms with Gasteiger partial charge in [-0.3, -0.25) is 25.0 Å². The molecule has 2 rings (SSSR count). The van der Waals surface area contributed by atoms with Gasteiger partial charge in [0.15, 0.2) is 9.84 Å². The van der Waals surface area contributed by atoms with Gasteiger partial charge in [0, 0.05) is 12.1 Å². The van der Waals surface area contributed by atoms with Crippen LogP contribution in [0.15, 0.2) is 47.4 Å². The molecule has 2 aromatic carbocycles. The van der Waals surface area contributed by atoms with Crippen LogP contribution in [0.3, 0.4) is 0 Å². The van der Waals surface area contributed by atoms with Crippen molar-refractivity contribution in [1.29, 1.82) is 0 Å². The van der Waals surface area contributed by atoms with E-state index in [-0.39, 0.29) is 21.9 Å². The summed E-state index contributed by atoms with van der Waals surface area (Å²) >= 11 is 0. The lowest BCUT2D eigenvalue weighted by Gasteiger charge is -2.10. The largest absolute Gasteiger partial charge is 0.321 e. The highest BCUT2D eigenvalue weighted by Crippen LogP contribution is 2.26. The highest BCUT2D eigenvalue weighted by molar-refractivity contribution is 7.91. The zero-order valence-corrected chi connectivity index (χ0v) is 14.2. The van der Waals surface area contributed by atoms with Crippen molar-refractivity contribution >= 4 is 32.8 Å². The molecule has 0 radical (unpaired) electrons. The lowest BCUT2D eigenvalue weighted by Crippen LogP contribution is -2.16. The fourth-order valence-corrected chi connectivity index (χ4v) is 3.18. The Labute approximate surface area is 147 Å². The van der Waals surface area contributed by atoms with E-state index in [4.69, 9.17) is 0 Å². The van der Waals surface area contributed by atoms with E-state index in [1.54, 1.807) is 0 Å². The zero-order chi connectivity index (χ0) is 19.5. The number of benzene rings is 2. The summed E-state index contributed by atoms with van der Waals surface area (Å²) in [6.45, 7) is 1.44. The molecule has 0 aliphatic carbocycles. The number of carbonyl (C=O) groups is 1. The van der Waals surface area contributed by atoms with E-state index in [2.05, 4.69) is 5.32 Å². The number of anilines is 1. The van der Waals surface area contributed by atoms with Crippen LogP contribution in [0.1, 0.15) is 17.3 Å². The molecule has 1 amide bonds. The summed E-state index contributed by atoms with van der Waals surface area (Å²) in [5.41, 5.74) is -1.61. The molecule has 0 saturated heterocycles. The van der Waals surface area contributed by atoms with E-state index in [0.717, 1.165) is 18.2 Å². The van der Waals surface area contributed by atoms with Gasteiger partial charge < -0.3 is 5.32 Å². The van der Waals surface area contributed by atoms with E-state index in [1.807, 2.05) is 0 Å². The van der Waals surface area contributed by atoms with Gasteiger partial charge in [-0.05, 0) is 12.1 Å². The fourth-order valence-electron chi connectivity index (χ4n) is 2.13. The van der Waals surface area contributed by atoms with E-state index in [0.29, 0.717) is 0 Å². The highest BCUT2D eigenvalue weighted by Gasteiger charge is 2.22. The predicted octanol–water partition coefficient (Wildman–Crippen LogP) is 2.55. The van der Waals surface area contributed by atoms with Crippen LogP contribution in [0.2, 0.25) is 0 Å². The van der Waals surface area contributed by atoms with Crippen molar-refractivity contribution in [2.45, 2.75) is 11.8 Å². The Hall–Kier alpha value is -3.34. The minimum atomic E-state index is -3.63. The molecular weight excluding hydrogens is 366 g/mol. The Balaban J connectivity index is 2.46. The van der Waals surface area contributed by atoms with Gasteiger partial charge in [-0.15, -0.1) is 0 Å². The molecule has 0 atom stereocenters. The van der Waals surface area contributed by atoms with Crippen molar-refractivity contribution < 1.29 is 23.1 Å². The second-order valence-electron chi connectivity index (χ2n) is 5.11. The normalized spacial score (nSPS) is 11.0. The lowest BCUT2D eigenvalue weighted by molar-refractivity contribution is -0.394. The first-order valence-corrected chi connectivity index (χ1v) is 8.88. The number of nitrogens with one attached hydrogen (secondary N) is 1. The topological polar surface area (TPSA) is 150 Å². The smallest absolute Gasteiger partial charge is 0.277 e. The number of nitrogens with zero attached hydrogens (tertiary/aromatic N) is 2. The Bertz CT molecular complexity index is 970. The van der Waals surface area contributed by atoms with Crippen LogP contribution in [-0.4, -0.2) is 29.9 Å². The van der Waals surface area contributed by atoms with Crippen LogP contribution < -0.4 is 5.32 Å². The number of nitro groups is 2. The third kappa shape index (κ3) is 4.00. The lowest BCUT2D eigenvalue weighted by atomic mass is 10.1. The average Bonchev–Trinajstić information content (AvgIpc) is 2.61. The molecule has 2 aromatic rings. The maximum Gasteiger partial charge on any atom is 0.277 e. The van der Waals surface area contributed by atoms with Crippen molar-refractivity contribution in [3.8, 4) is 0 Å². The molecular formula is C15H13N3O7S. The predicted molar refractivity (Wildman–Crippen MR) is 91.9 cm³/mol. The van der Waals surface area contributed by atoms with Crippen LogP contribution in [0.5, 0.6) is 0 Å². The molecule has 26 heavy (non-hydrogen) atoms. The first-order chi connectivity index (χ1) is 12.2. The molecule has 0 fully saturated rings. The third-order valence-electron chi connectivity index (χ3n) is 3.44. The number of sulfone groups is 1. The van der Waals surface area contributed by atoms with Crippen LogP contribution in [-0.2, 0) is 9.84 Å². The van der Waals surface area contributed by atoms with Gasteiger partial charge in [-0.1, -0.05) is 19.1 Å². The minimum absolute atomic E-state index is 0.0199. The van der Waals surface area contributed by atoms with Crippen LogP contribution in [0.25, 0.3) is 0 Å². The van der Waals surface area contributed by atoms with E-state index < -0.39 is 37.0 Å². The van der Waals surface area contributed by atoms with Gasteiger partial charge in [0.25, 0.3) is 17.3 Å². The zero-order valence-electron chi connectivity index (χ0n) is 13.4. The number of amides is 1. The molecule has 0 saturated carbocycles. The van der Waals surface area contributed by atoms with E-state index in [9.17, 15) is 33.4 Å². The molecule has 10 nitrogen and oxygen atoms in total. The molecule has 0 unspecified atom stereocenters. The summed E-state index contributed by atoms with van der Waals surface area (Å²) < 4.78 is 24.2. The number of para-hydroxylation sites is 1. The van der Waals surface area contributed by atoms with Gasteiger partial charge >= 0.3 is 0 Å². The Morgan fingerprint density at radius 3 is 2.08 bits per heavy atom. The standard InChI is InChI=1S/C15H13N3O7S/c1-2-26(24,25)14-6-4-3-5-13(14)16-15(19)10-7-11(17(20)21)9-12(8-10)18(22)23/h3-9H,2H2,1H3,(H,16,19). The fraction of sp³-hybridized carbons (Fsp3) is 0.133. The molecule has 0 spiro atoms. The summed E-state index contributed by atoms with van der Waals surface area (Å²) in [5, 5.41) is 24.1. The number of non-ortho nitro benzene ring substituents is 2. The summed E-state index contributed by atoms with van der Waals surface area (Å²) in [6, 6.07) is 8.12. The monoisotopic (exact) mass is 379 g/mol. The Morgan fingerprint density at radius 1 is 1.04 bits per heavy atom.